The number of nitrogens with two attached hydrogens (primary N) is 1. The molecule has 0 atom stereocenters. The quantitative estimate of drug-likeness (QED) is 0.351. The van der Waals surface area contributed by atoms with Crippen LogP contribution in [-0.2, 0) is 9.84 Å². The van der Waals surface area contributed by atoms with E-state index in [1.165, 1.54) is 11.8 Å². The molecule has 19 heavy (non-hydrogen) atoms. The molecule has 2 rings (SSSR count). The molecule has 0 spiro atoms. The number of hydrogen-bond donors (Lipinski definition) is 2. The first-order valence-electron chi connectivity index (χ1n) is 5.89. The Morgan fingerprint density at radius 3 is 2.84 bits per heavy atom. The smallest absolute Gasteiger partial charge is 0.191 e. The summed E-state index contributed by atoms with van der Waals surface area (Å²) in [6.45, 7) is 1.13. The van der Waals surface area contributed by atoms with Gasteiger partial charge in [-0.15, -0.1) is 0 Å². The molecule has 0 aromatic carbocycles. The Balaban J connectivity index is 2.25. The van der Waals surface area contributed by atoms with Gasteiger partial charge in [0, 0.05) is 19.2 Å². The van der Waals surface area contributed by atoms with Gasteiger partial charge in [0.2, 0.25) is 0 Å². The summed E-state index contributed by atoms with van der Waals surface area (Å²) >= 11 is 1.42. The van der Waals surface area contributed by atoms with Gasteiger partial charge < -0.3 is 10.3 Å². The standard InChI is InChI=1S/C10H17N5O2S2/c1-18-10-12-8(14-11)7-9(13-10)15-3-2-5-19(16,17)6-4-15/h7H,2-6,11H2,1H3,(H,12,13,14). The lowest BCUT2D eigenvalue weighted by atomic mass is 10.4. The number of hydrazine groups is 1. The van der Waals surface area contributed by atoms with Gasteiger partial charge >= 0.3 is 0 Å². The summed E-state index contributed by atoms with van der Waals surface area (Å²) < 4.78 is 23.2. The van der Waals surface area contributed by atoms with Crippen molar-refractivity contribution in [3.05, 3.63) is 6.07 Å². The van der Waals surface area contributed by atoms with Crippen LogP contribution in [0, 0.1) is 0 Å². The van der Waals surface area contributed by atoms with Gasteiger partial charge in [-0.1, -0.05) is 11.8 Å². The monoisotopic (exact) mass is 303 g/mol. The second-order valence-electron chi connectivity index (χ2n) is 4.23. The van der Waals surface area contributed by atoms with E-state index in [2.05, 4.69) is 15.4 Å². The number of hydrogen-bond acceptors (Lipinski definition) is 8. The zero-order valence-corrected chi connectivity index (χ0v) is 12.3. The Bertz CT molecular complexity index is 527. The number of aromatic nitrogens is 2. The van der Waals surface area contributed by atoms with Crippen molar-refractivity contribution in [2.24, 2.45) is 5.84 Å². The summed E-state index contributed by atoms with van der Waals surface area (Å²) in [5.41, 5.74) is 2.50. The molecule has 2 heterocycles. The molecule has 0 unspecified atom stereocenters. The SMILES string of the molecule is CSc1nc(NN)cc(N2CCCS(=O)(=O)CC2)n1. The Kier molecular flexibility index (Phi) is 4.48. The average Bonchev–Trinajstić information content (AvgIpc) is 2.59. The number of anilines is 2. The molecular formula is C10H17N5O2S2. The summed E-state index contributed by atoms with van der Waals surface area (Å²) in [5.74, 6) is 7.03. The summed E-state index contributed by atoms with van der Waals surface area (Å²) in [7, 11) is -2.92. The molecule has 1 aromatic rings. The van der Waals surface area contributed by atoms with Crippen molar-refractivity contribution < 1.29 is 8.42 Å². The van der Waals surface area contributed by atoms with Crippen molar-refractivity contribution in [3.8, 4) is 0 Å². The number of thioether (sulfide) groups is 1. The first kappa shape index (κ1) is 14.4. The topological polar surface area (TPSA) is 101 Å². The summed E-state index contributed by atoms with van der Waals surface area (Å²) in [4.78, 5) is 10.6. The van der Waals surface area contributed by atoms with Gasteiger partial charge in [0.15, 0.2) is 15.0 Å². The highest BCUT2D eigenvalue weighted by molar-refractivity contribution is 7.98. The molecule has 0 bridgehead atoms. The van der Waals surface area contributed by atoms with Gasteiger partial charge in [-0.3, -0.25) is 0 Å². The lowest BCUT2D eigenvalue weighted by Crippen LogP contribution is -2.28. The summed E-state index contributed by atoms with van der Waals surface area (Å²) in [6.07, 6.45) is 2.50. The molecule has 0 radical (unpaired) electrons. The van der Waals surface area contributed by atoms with Gasteiger partial charge in [-0.25, -0.2) is 24.2 Å². The van der Waals surface area contributed by atoms with Crippen LogP contribution in [0.3, 0.4) is 0 Å². The molecule has 3 N–H and O–H groups in total. The molecule has 9 heteroatoms. The Hall–Kier alpha value is -1.06. The van der Waals surface area contributed by atoms with Gasteiger partial charge in [-0.2, -0.15) is 0 Å². The fourth-order valence-corrected chi connectivity index (χ4v) is 3.55. The van der Waals surface area contributed by atoms with E-state index in [0.717, 1.165) is 0 Å². The number of nitrogens with one attached hydrogen (secondary N) is 1. The minimum absolute atomic E-state index is 0.164. The Morgan fingerprint density at radius 1 is 1.37 bits per heavy atom. The summed E-state index contributed by atoms with van der Waals surface area (Å²) in [5, 5.41) is 0.609. The van der Waals surface area contributed by atoms with Crippen LogP contribution in [0.2, 0.25) is 0 Å². The maximum Gasteiger partial charge on any atom is 0.191 e. The molecule has 1 aliphatic heterocycles. The van der Waals surface area contributed by atoms with Crippen LogP contribution < -0.4 is 16.2 Å². The molecule has 0 aliphatic carbocycles. The maximum atomic E-state index is 11.6. The average molecular weight is 303 g/mol. The molecule has 7 nitrogen and oxygen atoms in total. The van der Waals surface area contributed by atoms with E-state index in [-0.39, 0.29) is 11.5 Å². The fraction of sp³-hybridized carbons (Fsp3) is 0.600. The predicted molar refractivity (Wildman–Crippen MR) is 77.1 cm³/mol. The maximum absolute atomic E-state index is 11.6. The molecule has 1 aromatic heterocycles. The third-order valence-electron chi connectivity index (χ3n) is 2.90. The Labute approximate surface area is 116 Å². The van der Waals surface area contributed by atoms with E-state index < -0.39 is 9.84 Å². The lowest BCUT2D eigenvalue weighted by Gasteiger charge is -2.21. The van der Waals surface area contributed by atoms with E-state index >= 15 is 0 Å². The van der Waals surface area contributed by atoms with Crippen LogP contribution >= 0.6 is 11.8 Å². The zero-order chi connectivity index (χ0) is 13.9. The molecule has 0 amide bonds. The van der Waals surface area contributed by atoms with Crippen molar-refractivity contribution in [2.75, 3.05) is 41.2 Å². The van der Waals surface area contributed by atoms with Gasteiger partial charge in [0.05, 0.1) is 11.5 Å². The van der Waals surface area contributed by atoms with E-state index in [0.29, 0.717) is 36.3 Å². The predicted octanol–water partition coefficient (Wildman–Crippen LogP) is 0.109. The van der Waals surface area contributed by atoms with Crippen molar-refractivity contribution in [3.63, 3.8) is 0 Å². The van der Waals surface area contributed by atoms with Crippen molar-refractivity contribution in [2.45, 2.75) is 11.6 Å². The molecule has 0 saturated carbocycles. The highest BCUT2D eigenvalue weighted by Crippen LogP contribution is 2.21. The molecular weight excluding hydrogens is 286 g/mol. The van der Waals surface area contributed by atoms with Gasteiger partial charge in [0.25, 0.3) is 0 Å². The van der Waals surface area contributed by atoms with Crippen LogP contribution in [0.5, 0.6) is 0 Å². The number of nitrogen functional groups attached to an aromatic ring is 1. The normalized spacial score (nSPS) is 18.9. The van der Waals surface area contributed by atoms with Gasteiger partial charge in [0.1, 0.15) is 11.6 Å². The minimum atomic E-state index is -2.92. The van der Waals surface area contributed by atoms with Crippen molar-refractivity contribution >= 4 is 33.2 Å². The van der Waals surface area contributed by atoms with Crippen molar-refractivity contribution in [1.29, 1.82) is 0 Å². The van der Waals surface area contributed by atoms with E-state index in [4.69, 9.17) is 5.84 Å². The molecule has 1 aliphatic rings. The third kappa shape index (κ3) is 3.71. The van der Waals surface area contributed by atoms with Crippen LogP contribution in [-0.4, -0.2) is 49.2 Å². The Morgan fingerprint density at radius 2 is 2.16 bits per heavy atom. The molecule has 106 valence electrons. The number of nitrogens with zero attached hydrogens (tertiary/aromatic N) is 3. The van der Waals surface area contributed by atoms with Gasteiger partial charge in [-0.05, 0) is 12.7 Å². The minimum Gasteiger partial charge on any atom is -0.355 e. The van der Waals surface area contributed by atoms with E-state index in [1.807, 2.05) is 11.2 Å². The second kappa shape index (κ2) is 5.93. The first-order chi connectivity index (χ1) is 9.04. The number of rotatable bonds is 3. The van der Waals surface area contributed by atoms with E-state index in [9.17, 15) is 8.42 Å². The van der Waals surface area contributed by atoms with E-state index in [1.54, 1.807) is 6.07 Å². The lowest BCUT2D eigenvalue weighted by molar-refractivity contribution is 0.597. The van der Waals surface area contributed by atoms with Crippen LogP contribution in [0.4, 0.5) is 11.6 Å². The molecule has 1 saturated heterocycles. The highest BCUT2D eigenvalue weighted by Gasteiger charge is 2.20. The largest absolute Gasteiger partial charge is 0.355 e. The highest BCUT2D eigenvalue weighted by atomic mass is 32.2. The first-order valence-corrected chi connectivity index (χ1v) is 8.94. The third-order valence-corrected chi connectivity index (χ3v) is 5.17. The number of sulfone groups is 1. The van der Waals surface area contributed by atoms with Crippen molar-refractivity contribution in [1.82, 2.24) is 9.97 Å². The second-order valence-corrected chi connectivity index (χ2v) is 7.31. The van der Waals surface area contributed by atoms with Crippen LogP contribution in [0.25, 0.3) is 0 Å². The molecule has 1 fully saturated rings. The van der Waals surface area contributed by atoms with Crippen LogP contribution in [0.1, 0.15) is 6.42 Å². The summed E-state index contributed by atoms with van der Waals surface area (Å²) in [6, 6.07) is 1.73. The van der Waals surface area contributed by atoms with Crippen LogP contribution in [0.15, 0.2) is 11.2 Å². The zero-order valence-electron chi connectivity index (χ0n) is 10.7. The fourth-order valence-electron chi connectivity index (χ4n) is 1.91.